The van der Waals surface area contributed by atoms with Gasteiger partial charge >= 0.3 is 6.09 Å². The van der Waals surface area contributed by atoms with Crippen molar-refractivity contribution in [2.45, 2.75) is 6.42 Å². The van der Waals surface area contributed by atoms with E-state index in [-0.39, 0.29) is 17.3 Å². The molecule has 1 saturated heterocycles. The van der Waals surface area contributed by atoms with Crippen LogP contribution in [0.2, 0.25) is 0 Å². The number of hydrogen-bond donors (Lipinski definition) is 3. The van der Waals surface area contributed by atoms with Gasteiger partial charge in [-0.2, -0.15) is 0 Å². The molecule has 3 aromatic rings. The van der Waals surface area contributed by atoms with Crippen LogP contribution < -0.4 is 16.4 Å². The van der Waals surface area contributed by atoms with Crippen molar-refractivity contribution in [3.8, 4) is 0 Å². The molecule has 168 valence electrons. The molecule has 9 nitrogen and oxygen atoms in total. The standard InChI is InChI=1S/C22H25N5O4S/c23-19(28)18-20(26-22(29)31-11-3-8-27-9-12-30-13-10-27)32-21(25-18)24-17-7-6-15-4-1-2-5-16(15)14-17/h1-2,4-7,14H,3,8-13H2,(H2,23,28)(H,24,25)(H,26,29). The van der Waals surface area contributed by atoms with Gasteiger partial charge in [0.2, 0.25) is 0 Å². The fourth-order valence-corrected chi connectivity index (χ4v) is 4.30. The fraction of sp³-hybridized carbons (Fsp3) is 0.318. The summed E-state index contributed by atoms with van der Waals surface area (Å²) in [4.78, 5) is 30.5. The first-order valence-corrected chi connectivity index (χ1v) is 11.2. The Bertz CT molecular complexity index is 1100. The van der Waals surface area contributed by atoms with Crippen LogP contribution in [0.3, 0.4) is 0 Å². The van der Waals surface area contributed by atoms with Crippen LogP contribution in [0, 0.1) is 0 Å². The van der Waals surface area contributed by atoms with Crippen LogP contribution in [0.5, 0.6) is 0 Å². The number of benzene rings is 2. The second-order valence-corrected chi connectivity index (χ2v) is 8.32. The maximum Gasteiger partial charge on any atom is 0.412 e. The van der Waals surface area contributed by atoms with Gasteiger partial charge in [-0.3, -0.25) is 15.0 Å². The maximum atomic E-state index is 12.2. The Morgan fingerprint density at radius 2 is 1.94 bits per heavy atom. The van der Waals surface area contributed by atoms with Crippen molar-refractivity contribution in [1.82, 2.24) is 9.88 Å². The van der Waals surface area contributed by atoms with Gasteiger partial charge in [0.05, 0.1) is 19.8 Å². The molecule has 1 aliphatic rings. The quantitative estimate of drug-likeness (QED) is 0.445. The summed E-state index contributed by atoms with van der Waals surface area (Å²) in [5.74, 6) is -0.726. The summed E-state index contributed by atoms with van der Waals surface area (Å²) in [6.45, 7) is 4.36. The average molecular weight is 456 g/mol. The summed E-state index contributed by atoms with van der Waals surface area (Å²) >= 11 is 1.12. The van der Waals surface area contributed by atoms with Crippen molar-refractivity contribution in [1.29, 1.82) is 0 Å². The van der Waals surface area contributed by atoms with Crippen molar-refractivity contribution >= 4 is 49.9 Å². The molecule has 1 fully saturated rings. The number of primary amides is 1. The lowest BCUT2D eigenvalue weighted by molar-refractivity contribution is 0.0348. The van der Waals surface area contributed by atoms with Gasteiger partial charge < -0.3 is 20.5 Å². The van der Waals surface area contributed by atoms with Crippen LogP contribution in [0.25, 0.3) is 10.8 Å². The number of hydrogen-bond acceptors (Lipinski definition) is 8. The third-order valence-corrected chi connectivity index (χ3v) is 5.92. The molecule has 2 amide bonds. The monoisotopic (exact) mass is 455 g/mol. The van der Waals surface area contributed by atoms with Gasteiger partial charge in [0.15, 0.2) is 10.8 Å². The lowest BCUT2D eigenvalue weighted by atomic mass is 10.1. The number of anilines is 3. The van der Waals surface area contributed by atoms with E-state index < -0.39 is 12.0 Å². The molecule has 10 heteroatoms. The van der Waals surface area contributed by atoms with Crippen molar-refractivity contribution in [3.05, 3.63) is 48.2 Å². The SMILES string of the molecule is NC(=O)c1nc(Nc2ccc3ccccc3c2)sc1NC(=O)OCCCN1CCOCC1. The molecule has 1 aliphatic heterocycles. The summed E-state index contributed by atoms with van der Waals surface area (Å²) in [7, 11) is 0. The number of nitrogens with two attached hydrogens (primary N) is 1. The first kappa shape index (κ1) is 22.0. The number of aromatic nitrogens is 1. The number of thiazole rings is 1. The van der Waals surface area contributed by atoms with E-state index in [9.17, 15) is 9.59 Å². The predicted octanol–water partition coefficient (Wildman–Crippen LogP) is 3.41. The zero-order chi connectivity index (χ0) is 22.3. The Morgan fingerprint density at radius 3 is 2.72 bits per heavy atom. The Labute approximate surface area is 189 Å². The van der Waals surface area contributed by atoms with Crippen molar-refractivity contribution in [3.63, 3.8) is 0 Å². The molecular weight excluding hydrogens is 430 g/mol. The predicted molar refractivity (Wildman–Crippen MR) is 125 cm³/mol. The summed E-state index contributed by atoms with van der Waals surface area (Å²) in [5, 5.41) is 8.63. The molecule has 0 spiro atoms. The molecule has 2 aromatic carbocycles. The number of nitrogens with one attached hydrogen (secondary N) is 2. The minimum Gasteiger partial charge on any atom is -0.449 e. The molecule has 2 heterocycles. The summed E-state index contributed by atoms with van der Waals surface area (Å²) < 4.78 is 10.6. The molecule has 0 saturated carbocycles. The first-order valence-electron chi connectivity index (χ1n) is 10.4. The molecule has 0 atom stereocenters. The number of rotatable bonds is 8. The zero-order valence-corrected chi connectivity index (χ0v) is 18.3. The van der Waals surface area contributed by atoms with Crippen LogP contribution in [0.1, 0.15) is 16.9 Å². The van der Waals surface area contributed by atoms with E-state index >= 15 is 0 Å². The summed E-state index contributed by atoms with van der Waals surface area (Å²) in [5.41, 5.74) is 6.25. The van der Waals surface area contributed by atoms with Gasteiger partial charge in [-0.1, -0.05) is 41.7 Å². The first-order chi connectivity index (χ1) is 15.6. The lowest BCUT2D eigenvalue weighted by Crippen LogP contribution is -2.37. The molecule has 0 aliphatic carbocycles. The van der Waals surface area contributed by atoms with E-state index in [0.29, 0.717) is 11.6 Å². The van der Waals surface area contributed by atoms with Crippen LogP contribution >= 0.6 is 11.3 Å². The highest BCUT2D eigenvalue weighted by atomic mass is 32.1. The third-order valence-electron chi connectivity index (χ3n) is 5.03. The molecule has 0 unspecified atom stereocenters. The summed E-state index contributed by atoms with van der Waals surface area (Å²) in [6, 6.07) is 13.9. The highest BCUT2D eigenvalue weighted by Gasteiger charge is 2.19. The van der Waals surface area contributed by atoms with E-state index in [1.807, 2.05) is 42.5 Å². The number of nitrogens with zero attached hydrogens (tertiary/aromatic N) is 2. The molecule has 0 radical (unpaired) electrons. The highest BCUT2D eigenvalue weighted by molar-refractivity contribution is 7.20. The van der Waals surface area contributed by atoms with Crippen molar-refractivity contribution in [2.24, 2.45) is 5.73 Å². The van der Waals surface area contributed by atoms with E-state index in [1.165, 1.54) is 0 Å². The van der Waals surface area contributed by atoms with Gasteiger partial charge in [-0.05, 0) is 29.3 Å². The fourth-order valence-electron chi connectivity index (χ4n) is 3.42. The van der Waals surface area contributed by atoms with Crippen LogP contribution in [0.4, 0.5) is 20.6 Å². The third kappa shape index (κ3) is 5.72. The number of carbonyl (C=O) groups is 2. The smallest absolute Gasteiger partial charge is 0.412 e. The normalized spacial score (nSPS) is 14.2. The van der Waals surface area contributed by atoms with Gasteiger partial charge in [-0.25, -0.2) is 9.78 Å². The van der Waals surface area contributed by atoms with Gasteiger partial charge in [-0.15, -0.1) is 0 Å². The van der Waals surface area contributed by atoms with E-state index in [4.69, 9.17) is 15.2 Å². The minimum atomic E-state index is -0.726. The maximum absolute atomic E-state index is 12.2. The number of amides is 2. The highest BCUT2D eigenvalue weighted by Crippen LogP contribution is 2.31. The van der Waals surface area contributed by atoms with Crippen LogP contribution in [0.15, 0.2) is 42.5 Å². The largest absolute Gasteiger partial charge is 0.449 e. The van der Waals surface area contributed by atoms with Crippen molar-refractivity contribution < 1.29 is 19.1 Å². The number of fused-ring (bicyclic) bond motifs is 1. The number of ether oxygens (including phenoxy) is 2. The molecule has 1 aromatic heterocycles. The molecular formula is C22H25N5O4S. The minimum absolute atomic E-state index is 0.0106. The summed E-state index contributed by atoms with van der Waals surface area (Å²) in [6.07, 6.45) is 0.0727. The Kier molecular flexibility index (Phi) is 7.15. The molecule has 32 heavy (non-hydrogen) atoms. The lowest BCUT2D eigenvalue weighted by Gasteiger charge is -2.26. The van der Waals surface area contributed by atoms with E-state index in [2.05, 4.69) is 20.5 Å². The van der Waals surface area contributed by atoms with E-state index in [0.717, 1.165) is 60.6 Å². The van der Waals surface area contributed by atoms with E-state index in [1.54, 1.807) is 0 Å². The molecule has 4 rings (SSSR count). The van der Waals surface area contributed by atoms with Crippen LogP contribution in [-0.2, 0) is 9.47 Å². The number of carbonyl (C=O) groups excluding carboxylic acids is 2. The Hall–Kier alpha value is -3.21. The van der Waals surface area contributed by atoms with Gasteiger partial charge in [0, 0.05) is 25.3 Å². The molecule has 0 bridgehead atoms. The van der Waals surface area contributed by atoms with Gasteiger partial charge in [0.1, 0.15) is 5.00 Å². The van der Waals surface area contributed by atoms with Gasteiger partial charge in [0.25, 0.3) is 5.91 Å². The average Bonchev–Trinajstić information content (AvgIpc) is 3.19. The Balaban J connectivity index is 1.34. The zero-order valence-electron chi connectivity index (χ0n) is 17.5. The second kappa shape index (κ2) is 10.4. The topological polar surface area (TPSA) is 119 Å². The van der Waals surface area contributed by atoms with Crippen molar-refractivity contribution in [2.75, 3.05) is 50.1 Å². The Morgan fingerprint density at radius 1 is 1.16 bits per heavy atom. The number of morpholine rings is 1. The second-order valence-electron chi connectivity index (χ2n) is 7.32. The van der Waals surface area contributed by atoms with Crippen LogP contribution in [-0.4, -0.2) is 61.3 Å². The molecule has 4 N–H and O–H groups in total.